The van der Waals surface area contributed by atoms with Crippen molar-refractivity contribution in [2.24, 2.45) is 5.92 Å². The van der Waals surface area contributed by atoms with Gasteiger partial charge in [-0.3, -0.25) is 4.90 Å². The lowest BCUT2D eigenvalue weighted by molar-refractivity contribution is 0.147. The number of anilines is 3. The summed E-state index contributed by atoms with van der Waals surface area (Å²) in [6.07, 6.45) is 1.26. The molecule has 1 aromatic heterocycles. The van der Waals surface area contributed by atoms with Gasteiger partial charge in [-0.05, 0) is 94.2 Å². The monoisotopic (exact) mass is 635 g/mol. The molecule has 1 amide bonds. The van der Waals surface area contributed by atoms with Gasteiger partial charge in [0.1, 0.15) is 5.82 Å². The third-order valence-electron chi connectivity index (χ3n) is 8.16. The van der Waals surface area contributed by atoms with Crippen LogP contribution in [0.15, 0.2) is 54.6 Å². The fraction of sp³-hybridized carbons (Fsp3) is 0.324. The van der Waals surface area contributed by atoms with Gasteiger partial charge in [-0.25, -0.2) is 18.6 Å². The van der Waals surface area contributed by atoms with Crippen molar-refractivity contribution in [3.05, 3.63) is 87.9 Å². The van der Waals surface area contributed by atoms with Crippen LogP contribution in [0.2, 0.25) is 5.02 Å². The normalized spacial score (nSPS) is 15.1. The number of aromatic nitrogens is 2. The Hall–Kier alpha value is -4.28. The van der Waals surface area contributed by atoms with E-state index in [4.69, 9.17) is 21.1 Å². The van der Waals surface area contributed by atoms with E-state index in [1.807, 2.05) is 32.9 Å². The third-order valence-corrected chi connectivity index (χ3v) is 8.39. The van der Waals surface area contributed by atoms with Crippen LogP contribution in [0.25, 0.3) is 11.3 Å². The summed E-state index contributed by atoms with van der Waals surface area (Å²) in [6, 6.07) is 13.9. The maximum absolute atomic E-state index is 15.1. The van der Waals surface area contributed by atoms with Crippen LogP contribution in [0.1, 0.15) is 29.5 Å². The summed E-state index contributed by atoms with van der Waals surface area (Å²) in [5, 5.41) is 3.28. The molecule has 11 heteroatoms. The average Bonchev–Trinajstić information content (AvgIpc) is 3.00. The van der Waals surface area contributed by atoms with Gasteiger partial charge in [0.2, 0.25) is 11.8 Å². The molecule has 1 saturated heterocycles. The number of rotatable bonds is 8. The zero-order chi connectivity index (χ0) is 32.2. The van der Waals surface area contributed by atoms with Crippen LogP contribution in [0, 0.1) is 38.3 Å². The molecule has 0 spiro atoms. The molecule has 1 aliphatic rings. The lowest BCUT2D eigenvalue weighted by atomic mass is 9.97. The van der Waals surface area contributed by atoms with E-state index in [-0.39, 0.29) is 28.3 Å². The molecule has 1 N–H and O–H groups in total. The first-order valence-electron chi connectivity index (χ1n) is 14.7. The number of carbonyl (C=O) groups excluding carboxylic acids is 1. The van der Waals surface area contributed by atoms with Gasteiger partial charge in [0.05, 0.1) is 18.0 Å². The molecule has 0 radical (unpaired) electrons. The van der Waals surface area contributed by atoms with E-state index in [9.17, 15) is 9.18 Å². The SMILES string of the molecule is Cc1ccc(-c2cc(OC(=O)N(C)c3cc(Cl)ccc3F)nc(Nc3ccc(OCC4CCCN(C)C4)c(F)c3)n2)c(C)c1C. The van der Waals surface area contributed by atoms with Crippen LogP contribution in [-0.4, -0.2) is 54.8 Å². The second-order valence-electron chi connectivity index (χ2n) is 11.5. The maximum Gasteiger partial charge on any atom is 0.420 e. The first-order valence-corrected chi connectivity index (χ1v) is 15.1. The zero-order valence-electron chi connectivity index (χ0n) is 26.0. The third kappa shape index (κ3) is 7.69. The number of amides is 1. The zero-order valence-corrected chi connectivity index (χ0v) is 26.7. The highest BCUT2D eigenvalue weighted by atomic mass is 35.5. The Labute approximate surface area is 267 Å². The van der Waals surface area contributed by atoms with Crippen molar-refractivity contribution < 1.29 is 23.0 Å². The predicted octanol–water partition coefficient (Wildman–Crippen LogP) is 8.10. The second kappa shape index (κ2) is 13.8. The van der Waals surface area contributed by atoms with Gasteiger partial charge < -0.3 is 19.7 Å². The van der Waals surface area contributed by atoms with E-state index in [0.717, 1.165) is 53.1 Å². The van der Waals surface area contributed by atoms with Crippen molar-refractivity contribution in [2.45, 2.75) is 33.6 Å². The van der Waals surface area contributed by atoms with E-state index in [1.165, 1.54) is 37.4 Å². The molecule has 45 heavy (non-hydrogen) atoms. The Bertz CT molecular complexity index is 1720. The van der Waals surface area contributed by atoms with E-state index in [2.05, 4.69) is 27.2 Å². The van der Waals surface area contributed by atoms with Crippen molar-refractivity contribution >= 4 is 35.0 Å². The largest absolute Gasteiger partial charge is 0.490 e. The molecule has 1 unspecified atom stereocenters. The Balaban J connectivity index is 1.41. The molecule has 4 aromatic rings. The second-order valence-corrected chi connectivity index (χ2v) is 11.9. The van der Waals surface area contributed by atoms with Gasteiger partial charge in [-0.2, -0.15) is 4.98 Å². The Morgan fingerprint density at radius 2 is 1.84 bits per heavy atom. The molecular formula is C34H36ClF2N5O3. The molecule has 3 aromatic carbocycles. The van der Waals surface area contributed by atoms with Gasteiger partial charge in [-0.1, -0.05) is 23.7 Å². The molecule has 5 rings (SSSR count). The van der Waals surface area contributed by atoms with Gasteiger partial charge >= 0.3 is 6.09 Å². The van der Waals surface area contributed by atoms with Crippen LogP contribution in [0.3, 0.4) is 0 Å². The fourth-order valence-electron chi connectivity index (χ4n) is 5.35. The molecule has 0 saturated carbocycles. The Morgan fingerprint density at radius 3 is 2.60 bits per heavy atom. The average molecular weight is 636 g/mol. The van der Waals surface area contributed by atoms with Crippen LogP contribution in [0.5, 0.6) is 11.6 Å². The predicted molar refractivity (Wildman–Crippen MR) is 173 cm³/mol. The highest BCUT2D eigenvalue weighted by Gasteiger charge is 2.21. The number of hydrogen-bond donors (Lipinski definition) is 1. The summed E-state index contributed by atoms with van der Waals surface area (Å²) in [7, 11) is 3.44. The minimum atomic E-state index is -0.889. The highest BCUT2D eigenvalue weighted by molar-refractivity contribution is 6.30. The molecule has 1 atom stereocenters. The van der Waals surface area contributed by atoms with Crippen LogP contribution >= 0.6 is 11.6 Å². The molecule has 236 valence electrons. The number of aryl methyl sites for hydroxylation is 1. The summed E-state index contributed by atoms with van der Waals surface area (Å²) in [6.45, 7) is 8.45. The lowest BCUT2D eigenvalue weighted by Gasteiger charge is -2.29. The fourth-order valence-corrected chi connectivity index (χ4v) is 5.51. The molecule has 1 fully saturated rings. The van der Waals surface area contributed by atoms with Crippen LogP contribution in [-0.2, 0) is 0 Å². The number of ether oxygens (including phenoxy) is 2. The molecule has 0 bridgehead atoms. The van der Waals surface area contributed by atoms with Crippen LogP contribution < -0.4 is 19.7 Å². The standard InChI is InChI=1S/C34H36ClF2N5O3/c1-20-8-11-26(22(3)21(20)2)29-17-32(45-34(43)42(5)30-15-24(35)9-12-27(30)36)40-33(39-29)38-25-10-13-31(28(37)16-25)44-19-23-7-6-14-41(4)18-23/h8-13,15-17,23H,6-7,14,18-19H2,1-5H3,(H,38,39,40). The smallest absolute Gasteiger partial charge is 0.420 e. The Kier molecular flexibility index (Phi) is 9.84. The van der Waals surface area contributed by atoms with Crippen molar-refractivity contribution in [2.75, 3.05) is 44.0 Å². The van der Waals surface area contributed by atoms with Gasteiger partial charge in [0.25, 0.3) is 0 Å². The van der Waals surface area contributed by atoms with Gasteiger partial charge in [-0.15, -0.1) is 0 Å². The van der Waals surface area contributed by atoms with E-state index in [1.54, 1.807) is 12.1 Å². The number of halogens is 3. The molecule has 8 nitrogen and oxygen atoms in total. The number of nitrogens with zero attached hydrogens (tertiary/aromatic N) is 4. The minimum Gasteiger partial charge on any atom is -0.490 e. The summed E-state index contributed by atoms with van der Waals surface area (Å²) < 4.78 is 41.0. The summed E-state index contributed by atoms with van der Waals surface area (Å²) in [5.41, 5.74) is 4.80. The van der Waals surface area contributed by atoms with Crippen molar-refractivity contribution in [1.29, 1.82) is 0 Å². The lowest BCUT2D eigenvalue weighted by Crippen LogP contribution is -2.34. The van der Waals surface area contributed by atoms with E-state index in [0.29, 0.717) is 23.9 Å². The van der Waals surface area contributed by atoms with Crippen molar-refractivity contribution in [1.82, 2.24) is 14.9 Å². The van der Waals surface area contributed by atoms with Gasteiger partial charge in [0.15, 0.2) is 11.6 Å². The molecule has 2 heterocycles. The number of piperidine rings is 1. The molecule has 1 aliphatic heterocycles. The van der Waals surface area contributed by atoms with E-state index >= 15 is 4.39 Å². The number of hydrogen-bond acceptors (Lipinski definition) is 7. The van der Waals surface area contributed by atoms with Crippen LogP contribution in [0.4, 0.5) is 30.9 Å². The van der Waals surface area contributed by atoms with Crippen molar-refractivity contribution in [3.8, 4) is 22.9 Å². The number of carbonyl (C=O) groups is 1. The molecule has 0 aliphatic carbocycles. The minimum absolute atomic E-state index is 0.0570. The first-order chi connectivity index (χ1) is 21.5. The van der Waals surface area contributed by atoms with Gasteiger partial charge in [0, 0.05) is 47.9 Å². The Morgan fingerprint density at radius 1 is 1.04 bits per heavy atom. The van der Waals surface area contributed by atoms with Crippen molar-refractivity contribution in [3.63, 3.8) is 0 Å². The van der Waals surface area contributed by atoms with E-state index < -0.39 is 17.7 Å². The number of likely N-dealkylation sites (tertiary alicyclic amines) is 1. The summed E-state index contributed by atoms with van der Waals surface area (Å²) in [4.78, 5) is 25.4. The highest BCUT2D eigenvalue weighted by Crippen LogP contribution is 2.31. The number of benzene rings is 3. The maximum atomic E-state index is 15.1. The first kappa shape index (κ1) is 32.1. The molecular weight excluding hydrogens is 600 g/mol. The number of nitrogens with one attached hydrogen (secondary N) is 1. The topological polar surface area (TPSA) is 79.8 Å². The summed E-state index contributed by atoms with van der Waals surface area (Å²) >= 11 is 6.02. The summed E-state index contributed by atoms with van der Waals surface area (Å²) in [5.74, 6) is -0.667. The quantitative estimate of drug-likeness (QED) is 0.210.